The smallest absolute Gasteiger partial charge is 0.369 e. The molecule has 1 unspecified atom stereocenters. The monoisotopic (exact) mass is 469 g/mol. The standard InChI is InChI=1S/C19H17F6NO2S2/c1-2-12-10-26(16(27)9-13-4-3-7-29-13)14-6-5-11(8-15(14)30-12)17(28,18(20,21)22)19(23,24)25/h3-8,12,28H,2,9-10H2,1H3. The molecule has 0 saturated heterocycles. The summed E-state index contributed by atoms with van der Waals surface area (Å²) in [5.74, 6) is -0.299. The van der Waals surface area contributed by atoms with Crippen LogP contribution in [0, 0.1) is 0 Å². The number of halogens is 6. The van der Waals surface area contributed by atoms with Gasteiger partial charge in [-0.3, -0.25) is 4.79 Å². The largest absolute Gasteiger partial charge is 0.430 e. The molecule has 0 bridgehead atoms. The van der Waals surface area contributed by atoms with E-state index >= 15 is 0 Å². The Morgan fingerprint density at radius 2 is 1.83 bits per heavy atom. The highest BCUT2D eigenvalue weighted by atomic mass is 32.2. The summed E-state index contributed by atoms with van der Waals surface area (Å²) in [6, 6.07) is 5.86. The molecule has 1 N–H and O–H groups in total. The summed E-state index contributed by atoms with van der Waals surface area (Å²) in [5.41, 5.74) is -6.08. The van der Waals surface area contributed by atoms with Crippen LogP contribution in [0.4, 0.5) is 32.0 Å². The molecule has 0 spiro atoms. The fourth-order valence-electron chi connectivity index (χ4n) is 3.17. The van der Waals surface area contributed by atoms with Gasteiger partial charge in [-0.2, -0.15) is 26.3 Å². The molecule has 164 valence electrons. The van der Waals surface area contributed by atoms with Gasteiger partial charge >= 0.3 is 12.4 Å². The highest BCUT2D eigenvalue weighted by molar-refractivity contribution is 8.00. The summed E-state index contributed by atoms with van der Waals surface area (Å²) in [4.78, 5) is 15.1. The molecule has 1 aromatic carbocycles. The molecule has 11 heteroatoms. The molecule has 0 radical (unpaired) electrons. The highest BCUT2D eigenvalue weighted by Crippen LogP contribution is 2.52. The minimum absolute atomic E-state index is 0.0784. The Morgan fingerprint density at radius 3 is 2.37 bits per heavy atom. The van der Waals surface area contributed by atoms with Gasteiger partial charge in [-0.25, -0.2) is 0 Å². The second-order valence-corrected chi connectivity index (χ2v) is 9.17. The molecular weight excluding hydrogens is 452 g/mol. The summed E-state index contributed by atoms with van der Waals surface area (Å²) >= 11 is 2.48. The van der Waals surface area contributed by atoms with E-state index in [0.717, 1.165) is 22.7 Å². The van der Waals surface area contributed by atoms with Crippen LogP contribution in [0.15, 0.2) is 40.6 Å². The Morgan fingerprint density at radius 1 is 1.17 bits per heavy atom. The van der Waals surface area contributed by atoms with Crippen LogP contribution < -0.4 is 4.90 Å². The highest BCUT2D eigenvalue weighted by Gasteiger charge is 2.71. The fraction of sp³-hybridized carbons (Fsp3) is 0.421. The number of fused-ring (bicyclic) bond motifs is 1. The van der Waals surface area contributed by atoms with E-state index in [0.29, 0.717) is 25.1 Å². The zero-order chi connectivity index (χ0) is 22.3. The van der Waals surface area contributed by atoms with Crippen molar-refractivity contribution >= 4 is 34.7 Å². The van der Waals surface area contributed by atoms with E-state index in [-0.39, 0.29) is 28.2 Å². The number of thioether (sulfide) groups is 1. The molecule has 0 aliphatic carbocycles. The maximum Gasteiger partial charge on any atom is 0.430 e. The number of thiophene rings is 1. The number of alkyl halides is 6. The van der Waals surface area contributed by atoms with Crippen molar-refractivity contribution in [3.05, 3.63) is 46.2 Å². The van der Waals surface area contributed by atoms with Crippen molar-refractivity contribution in [1.82, 2.24) is 0 Å². The number of aliphatic hydroxyl groups is 1. The third kappa shape index (κ3) is 4.06. The lowest BCUT2D eigenvalue weighted by Gasteiger charge is -2.36. The third-order valence-corrected chi connectivity index (χ3v) is 7.10. The van der Waals surface area contributed by atoms with Crippen molar-refractivity contribution in [2.24, 2.45) is 0 Å². The SMILES string of the molecule is CCC1CN(C(=O)Cc2cccs2)c2ccc(C(O)(C(F)(F)F)C(F)(F)F)cc2S1. The van der Waals surface area contributed by atoms with Crippen LogP contribution in [0.25, 0.3) is 0 Å². The van der Waals surface area contributed by atoms with Gasteiger partial charge in [-0.05, 0) is 30.0 Å². The molecule has 1 amide bonds. The predicted octanol–water partition coefficient (Wildman–Crippen LogP) is 5.52. The number of nitrogens with zero attached hydrogens (tertiary/aromatic N) is 1. The zero-order valence-electron chi connectivity index (χ0n) is 15.5. The lowest BCUT2D eigenvalue weighted by atomic mass is 9.92. The quantitative estimate of drug-likeness (QED) is 0.600. The van der Waals surface area contributed by atoms with Gasteiger partial charge in [0.05, 0.1) is 12.1 Å². The molecule has 1 aliphatic heterocycles. The van der Waals surface area contributed by atoms with Gasteiger partial charge in [0.1, 0.15) is 0 Å². The molecule has 1 aromatic heterocycles. The molecule has 0 fully saturated rings. The molecule has 2 aromatic rings. The van der Waals surface area contributed by atoms with E-state index in [1.54, 1.807) is 17.5 Å². The first kappa shape index (κ1) is 23.0. The van der Waals surface area contributed by atoms with Crippen LogP contribution in [-0.2, 0) is 16.8 Å². The van der Waals surface area contributed by atoms with Gasteiger partial charge in [0.2, 0.25) is 5.91 Å². The summed E-state index contributed by atoms with van der Waals surface area (Å²) < 4.78 is 79.4. The minimum Gasteiger partial charge on any atom is -0.369 e. The molecule has 30 heavy (non-hydrogen) atoms. The number of hydrogen-bond donors (Lipinski definition) is 1. The zero-order valence-corrected chi connectivity index (χ0v) is 17.2. The van der Waals surface area contributed by atoms with E-state index in [4.69, 9.17) is 0 Å². The molecule has 3 nitrogen and oxygen atoms in total. The van der Waals surface area contributed by atoms with Crippen molar-refractivity contribution in [2.75, 3.05) is 11.4 Å². The third-order valence-electron chi connectivity index (χ3n) is 4.83. The summed E-state index contributed by atoms with van der Waals surface area (Å²) in [7, 11) is 0. The number of carbonyl (C=O) groups is 1. The lowest BCUT2D eigenvalue weighted by molar-refractivity contribution is -0.376. The Bertz CT molecular complexity index is 897. The molecule has 3 rings (SSSR count). The van der Waals surface area contributed by atoms with Crippen LogP contribution in [0.3, 0.4) is 0 Å². The second-order valence-electron chi connectivity index (χ2n) is 6.80. The van der Waals surface area contributed by atoms with Crippen molar-refractivity contribution < 1.29 is 36.2 Å². The van der Waals surface area contributed by atoms with Crippen LogP contribution in [0.2, 0.25) is 0 Å². The minimum atomic E-state index is -5.96. The van der Waals surface area contributed by atoms with E-state index in [9.17, 15) is 36.2 Å². The van der Waals surface area contributed by atoms with Gasteiger partial charge in [0.25, 0.3) is 5.60 Å². The number of rotatable bonds is 4. The van der Waals surface area contributed by atoms with Crippen LogP contribution in [0.1, 0.15) is 23.8 Å². The van der Waals surface area contributed by atoms with Crippen LogP contribution in [0.5, 0.6) is 0 Å². The number of benzene rings is 1. The number of hydrogen-bond acceptors (Lipinski definition) is 4. The second kappa shape index (κ2) is 8.08. The normalized spacial score (nSPS) is 17.7. The van der Waals surface area contributed by atoms with Crippen molar-refractivity contribution in [3.63, 3.8) is 0 Å². The van der Waals surface area contributed by atoms with Gasteiger partial charge in [-0.1, -0.05) is 19.1 Å². The van der Waals surface area contributed by atoms with Gasteiger partial charge < -0.3 is 10.0 Å². The predicted molar refractivity (Wildman–Crippen MR) is 103 cm³/mol. The van der Waals surface area contributed by atoms with Gasteiger partial charge in [-0.15, -0.1) is 23.1 Å². The van der Waals surface area contributed by atoms with Crippen molar-refractivity contribution in [3.8, 4) is 0 Å². The van der Waals surface area contributed by atoms with E-state index in [2.05, 4.69) is 0 Å². The lowest BCUT2D eigenvalue weighted by Crippen LogP contribution is -2.54. The number of anilines is 1. The average molecular weight is 469 g/mol. The van der Waals surface area contributed by atoms with E-state index in [1.165, 1.54) is 16.2 Å². The van der Waals surface area contributed by atoms with Crippen molar-refractivity contribution in [1.29, 1.82) is 0 Å². The topological polar surface area (TPSA) is 40.5 Å². The number of carbonyl (C=O) groups excluding carboxylic acids is 1. The molecule has 2 heterocycles. The first-order valence-electron chi connectivity index (χ1n) is 8.88. The molecule has 0 saturated carbocycles. The molecule has 1 aliphatic rings. The van der Waals surface area contributed by atoms with Gasteiger partial charge in [0.15, 0.2) is 0 Å². The Kier molecular flexibility index (Phi) is 6.18. The van der Waals surface area contributed by atoms with Crippen LogP contribution in [-0.4, -0.2) is 35.2 Å². The Balaban J connectivity index is 2.04. The van der Waals surface area contributed by atoms with E-state index < -0.39 is 23.5 Å². The summed E-state index contributed by atoms with van der Waals surface area (Å²) in [6.07, 6.45) is -11.3. The van der Waals surface area contributed by atoms with Gasteiger partial charge in [0, 0.05) is 27.1 Å². The van der Waals surface area contributed by atoms with Crippen molar-refractivity contribution in [2.45, 2.75) is 47.9 Å². The van der Waals surface area contributed by atoms with Crippen LogP contribution >= 0.6 is 23.1 Å². The number of amides is 1. The fourth-order valence-corrected chi connectivity index (χ4v) is 5.11. The maximum absolute atomic E-state index is 13.2. The average Bonchev–Trinajstić information content (AvgIpc) is 3.16. The Hall–Kier alpha value is -1.72. The first-order chi connectivity index (χ1) is 13.9. The van der Waals surface area contributed by atoms with E-state index in [1.807, 2.05) is 6.92 Å². The summed E-state index contributed by atoms with van der Waals surface area (Å²) in [6.45, 7) is 2.11. The Labute approximate surface area is 176 Å². The molecular formula is C19H17F6NO2S2. The molecule has 1 atom stereocenters. The maximum atomic E-state index is 13.2. The first-order valence-corrected chi connectivity index (χ1v) is 10.6. The summed E-state index contributed by atoms with van der Waals surface area (Å²) in [5, 5.41) is 11.3.